The Labute approximate surface area is 105 Å². The van der Waals surface area contributed by atoms with E-state index in [1.54, 1.807) is 12.1 Å². The lowest BCUT2D eigenvalue weighted by molar-refractivity contribution is -0.384. The number of rotatable bonds is 5. The molecule has 0 amide bonds. The SMILES string of the molecule is O=[N+]([O-])c1cc(CO)ccc1NCC1CCOC1. The highest BCUT2D eigenvalue weighted by Crippen LogP contribution is 2.26. The molecule has 2 N–H and O–H groups in total. The minimum atomic E-state index is -0.438. The van der Waals surface area contributed by atoms with Gasteiger partial charge in [0.15, 0.2) is 0 Å². The first-order chi connectivity index (χ1) is 8.70. The van der Waals surface area contributed by atoms with Gasteiger partial charge in [-0.25, -0.2) is 0 Å². The second-order valence-corrected chi connectivity index (χ2v) is 4.38. The lowest BCUT2D eigenvalue weighted by Gasteiger charge is -2.11. The van der Waals surface area contributed by atoms with E-state index in [2.05, 4.69) is 5.32 Å². The lowest BCUT2D eigenvalue weighted by atomic mass is 10.1. The number of hydrogen-bond donors (Lipinski definition) is 2. The van der Waals surface area contributed by atoms with E-state index in [0.29, 0.717) is 30.3 Å². The molecule has 1 saturated heterocycles. The van der Waals surface area contributed by atoms with Crippen LogP contribution in [0.5, 0.6) is 0 Å². The van der Waals surface area contributed by atoms with Gasteiger partial charge in [0.25, 0.3) is 5.69 Å². The molecule has 0 bridgehead atoms. The summed E-state index contributed by atoms with van der Waals surface area (Å²) in [7, 11) is 0. The molecule has 0 spiro atoms. The van der Waals surface area contributed by atoms with E-state index in [9.17, 15) is 10.1 Å². The van der Waals surface area contributed by atoms with Gasteiger partial charge in [0, 0.05) is 25.1 Å². The Morgan fingerprint density at radius 2 is 2.39 bits per heavy atom. The minimum Gasteiger partial charge on any atom is -0.392 e. The molecular weight excluding hydrogens is 236 g/mol. The molecule has 1 fully saturated rings. The third-order valence-electron chi connectivity index (χ3n) is 3.05. The number of hydrogen-bond acceptors (Lipinski definition) is 5. The summed E-state index contributed by atoms with van der Waals surface area (Å²) in [6.45, 7) is 1.93. The molecule has 1 aromatic rings. The van der Waals surface area contributed by atoms with E-state index in [-0.39, 0.29) is 12.3 Å². The molecule has 0 radical (unpaired) electrons. The Balaban J connectivity index is 2.08. The Bertz CT molecular complexity index is 430. The van der Waals surface area contributed by atoms with E-state index in [1.807, 2.05) is 0 Å². The van der Waals surface area contributed by atoms with Crippen LogP contribution in [0.1, 0.15) is 12.0 Å². The number of anilines is 1. The fourth-order valence-electron chi connectivity index (χ4n) is 1.97. The first-order valence-electron chi connectivity index (χ1n) is 5.90. The molecule has 0 aliphatic carbocycles. The van der Waals surface area contributed by atoms with Gasteiger partial charge in [-0.1, -0.05) is 6.07 Å². The summed E-state index contributed by atoms with van der Waals surface area (Å²) in [6, 6.07) is 4.72. The molecule has 1 heterocycles. The molecule has 98 valence electrons. The number of aliphatic hydroxyl groups is 1. The van der Waals surface area contributed by atoms with Crippen molar-refractivity contribution in [2.24, 2.45) is 5.92 Å². The molecule has 1 aromatic carbocycles. The zero-order chi connectivity index (χ0) is 13.0. The van der Waals surface area contributed by atoms with Gasteiger partial charge < -0.3 is 15.2 Å². The van der Waals surface area contributed by atoms with Crippen molar-refractivity contribution in [1.29, 1.82) is 0 Å². The van der Waals surface area contributed by atoms with Crippen LogP contribution in [0.2, 0.25) is 0 Å². The summed E-state index contributed by atoms with van der Waals surface area (Å²) in [5.74, 6) is 0.405. The molecule has 1 aliphatic heterocycles. The highest BCUT2D eigenvalue weighted by Gasteiger charge is 2.18. The molecular formula is C12H16N2O4. The van der Waals surface area contributed by atoms with Gasteiger partial charge >= 0.3 is 0 Å². The van der Waals surface area contributed by atoms with E-state index in [1.165, 1.54) is 6.07 Å². The maximum absolute atomic E-state index is 10.9. The van der Waals surface area contributed by atoms with Crippen molar-refractivity contribution < 1.29 is 14.8 Å². The van der Waals surface area contributed by atoms with Crippen molar-refractivity contribution >= 4 is 11.4 Å². The third kappa shape index (κ3) is 2.96. The topological polar surface area (TPSA) is 84.6 Å². The first kappa shape index (κ1) is 12.8. The monoisotopic (exact) mass is 252 g/mol. The summed E-state index contributed by atoms with van der Waals surface area (Å²) in [6.07, 6.45) is 0.982. The number of ether oxygens (including phenoxy) is 1. The quantitative estimate of drug-likeness (QED) is 0.613. The predicted octanol–water partition coefficient (Wildman–Crippen LogP) is 1.54. The van der Waals surface area contributed by atoms with Crippen molar-refractivity contribution in [3.8, 4) is 0 Å². The second kappa shape index (κ2) is 5.79. The number of nitro benzene ring substituents is 1. The first-order valence-corrected chi connectivity index (χ1v) is 5.90. The standard InChI is InChI=1S/C12H16N2O4/c15-7-9-1-2-11(12(5-9)14(16)17)13-6-10-3-4-18-8-10/h1-2,5,10,13,15H,3-4,6-8H2. The smallest absolute Gasteiger partial charge is 0.292 e. The van der Waals surface area contributed by atoms with Gasteiger partial charge in [0.05, 0.1) is 18.1 Å². The molecule has 6 heteroatoms. The summed E-state index contributed by atoms with van der Waals surface area (Å²) in [4.78, 5) is 10.5. The second-order valence-electron chi connectivity index (χ2n) is 4.38. The van der Waals surface area contributed by atoms with Crippen molar-refractivity contribution in [2.45, 2.75) is 13.0 Å². The number of aliphatic hydroxyl groups excluding tert-OH is 1. The molecule has 0 saturated carbocycles. The lowest BCUT2D eigenvalue weighted by Crippen LogP contribution is -2.15. The van der Waals surface area contributed by atoms with E-state index in [0.717, 1.165) is 13.0 Å². The van der Waals surface area contributed by atoms with Crippen molar-refractivity contribution in [2.75, 3.05) is 25.1 Å². The minimum absolute atomic E-state index is 0.000431. The van der Waals surface area contributed by atoms with Gasteiger partial charge in [-0.3, -0.25) is 10.1 Å². The summed E-state index contributed by atoms with van der Waals surface area (Å²) >= 11 is 0. The molecule has 6 nitrogen and oxygen atoms in total. The maximum atomic E-state index is 10.9. The van der Waals surface area contributed by atoms with Crippen molar-refractivity contribution in [3.05, 3.63) is 33.9 Å². The van der Waals surface area contributed by atoms with E-state index >= 15 is 0 Å². The van der Waals surface area contributed by atoms with Crippen LogP contribution in [0, 0.1) is 16.0 Å². The fraction of sp³-hybridized carbons (Fsp3) is 0.500. The maximum Gasteiger partial charge on any atom is 0.292 e. The van der Waals surface area contributed by atoms with Crippen molar-refractivity contribution in [1.82, 2.24) is 0 Å². The molecule has 1 aliphatic rings. The Morgan fingerprint density at radius 3 is 3.00 bits per heavy atom. The number of nitro groups is 1. The fourth-order valence-corrected chi connectivity index (χ4v) is 1.97. The van der Waals surface area contributed by atoms with Gasteiger partial charge in [0.1, 0.15) is 5.69 Å². The Hall–Kier alpha value is -1.66. The zero-order valence-corrected chi connectivity index (χ0v) is 9.96. The molecule has 1 atom stereocenters. The summed E-state index contributed by atoms with van der Waals surface area (Å²) < 4.78 is 5.25. The predicted molar refractivity (Wildman–Crippen MR) is 66.4 cm³/mol. The van der Waals surface area contributed by atoms with Gasteiger partial charge in [-0.05, 0) is 18.1 Å². The zero-order valence-electron chi connectivity index (χ0n) is 9.96. The largest absolute Gasteiger partial charge is 0.392 e. The summed E-state index contributed by atoms with van der Waals surface area (Å²) in [5, 5.41) is 23.0. The number of benzene rings is 1. The van der Waals surface area contributed by atoms with Crippen LogP contribution >= 0.6 is 0 Å². The van der Waals surface area contributed by atoms with Crippen LogP contribution in [0.3, 0.4) is 0 Å². The van der Waals surface area contributed by atoms with Crippen LogP contribution in [0.25, 0.3) is 0 Å². The number of nitrogens with zero attached hydrogens (tertiary/aromatic N) is 1. The van der Waals surface area contributed by atoms with E-state index < -0.39 is 4.92 Å². The van der Waals surface area contributed by atoms with Gasteiger partial charge in [0.2, 0.25) is 0 Å². The van der Waals surface area contributed by atoms with Gasteiger partial charge in [-0.2, -0.15) is 0 Å². The average molecular weight is 252 g/mol. The van der Waals surface area contributed by atoms with Crippen LogP contribution in [0.15, 0.2) is 18.2 Å². The molecule has 1 unspecified atom stereocenters. The highest BCUT2D eigenvalue weighted by molar-refractivity contribution is 5.62. The summed E-state index contributed by atoms with van der Waals surface area (Å²) in [5.41, 5.74) is 1.03. The average Bonchev–Trinajstić information content (AvgIpc) is 2.89. The highest BCUT2D eigenvalue weighted by atomic mass is 16.6. The third-order valence-corrected chi connectivity index (χ3v) is 3.05. The molecule has 2 rings (SSSR count). The Morgan fingerprint density at radius 1 is 1.56 bits per heavy atom. The van der Waals surface area contributed by atoms with Crippen LogP contribution < -0.4 is 5.32 Å². The van der Waals surface area contributed by atoms with E-state index in [4.69, 9.17) is 9.84 Å². The number of nitrogens with one attached hydrogen (secondary N) is 1. The van der Waals surface area contributed by atoms with Crippen LogP contribution in [-0.2, 0) is 11.3 Å². The molecule has 18 heavy (non-hydrogen) atoms. The molecule has 0 aromatic heterocycles. The van der Waals surface area contributed by atoms with Crippen LogP contribution in [-0.4, -0.2) is 29.8 Å². The Kier molecular flexibility index (Phi) is 4.11. The van der Waals surface area contributed by atoms with Crippen LogP contribution in [0.4, 0.5) is 11.4 Å². The van der Waals surface area contributed by atoms with Crippen molar-refractivity contribution in [3.63, 3.8) is 0 Å². The normalized spacial score (nSPS) is 18.8. The van der Waals surface area contributed by atoms with Gasteiger partial charge in [-0.15, -0.1) is 0 Å².